The Hall–Kier alpha value is -1.96. The predicted octanol–water partition coefficient (Wildman–Crippen LogP) is 6.01. The van der Waals surface area contributed by atoms with Gasteiger partial charge in [0.15, 0.2) is 0 Å². The summed E-state index contributed by atoms with van der Waals surface area (Å²) in [5, 5.41) is 0. The van der Waals surface area contributed by atoms with E-state index in [9.17, 15) is 18.0 Å². The molecule has 0 aliphatic heterocycles. The number of carbonyl (C=O) groups is 1. The first-order chi connectivity index (χ1) is 12.0. The number of hydrogen-bond donors (Lipinski definition) is 0. The smallest absolute Gasteiger partial charge is 0.417 e. The van der Waals surface area contributed by atoms with Gasteiger partial charge in [-0.1, -0.05) is 44.7 Å². The van der Waals surface area contributed by atoms with Crippen LogP contribution in [-0.4, -0.2) is 12.6 Å². The molecular weight excluding hydrogens is 329 g/mol. The predicted molar refractivity (Wildman–Crippen MR) is 92.1 cm³/mol. The second kappa shape index (κ2) is 11.6. The summed E-state index contributed by atoms with van der Waals surface area (Å²) in [6, 6.07) is 4.69. The topological polar surface area (TPSA) is 26.3 Å². The summed E-state index contributed by atoms with van der Waals surface area (Å²) in [4.78, 5) is 11.8. The van der Waals surface area contributed by atoms with Crippen LogP contribution >= 0.6 is 0 Å². The van der Waals surface area contributed by atoms with Crippen molar-refractivity contribution in [3.63, 3.8) is 0 Å². The fourth-order valence-corrected chi connectivity index (χ4v) is 2.39. The van der Waals surface area contributed by atoms with E-state index in [4.69, 9.17) is 4.74 Å². The summed E-state index contributed by atoms with van der Waals surface area (Å²) < 4.78 is 43.5. The number of ether oxygens (including phenoxy) is 1. The third kappa shape index (κ3) is 8.62. The molecule has 0 heterocycles. The van der Waals surface area contributed by atoms with Crippen LogP contribution in [0.15, 0.2) is 24.3 Å². The SMILES string of the molecule is CCC#CCCCCCCCCOC(=O)c1ccccc1C(F)(F)F. The number of halogens is 3. The molecule has 0 radical (unpaired) electrons. The van der Waals surface area contributed by atoms with Crippen molar-refractivity contribution < 1.29 is 22.7 Å². The van der Waals surface area contributed by atoms with Crippen molar-refractivity contribution in [3.8, 4) is 11.8 Å². The van der Waals surface area contributed by atoms with Crippen molar-refractivity contribution in [1.29, 1.82) is 0 Å². The minimum atomic E-state index is -4.56. The van der Waals surface area contributed by atoms with Gasteiger partial charge < -0.3 is 4.74 Å². The number of hydrogen-bond acceptors (Lipinski definition) is 2. The van der Waals surface area contributed by atoms with Crippen LogP contribution in [0.1, 0.15) is 74.2 Å². The molecule has 0 unspecified atom stereocenters. The highest BCUT2D eigenvalue weighted by atomic mass is 19.4. The molecule has 0 aliphatic carbocycles. The van der Waals surface area contributed by atoms with E-state index in [1.807, 2.05) is 6.92 Å². The van der Waals surface area contributed by atoms with Crippen LogP contribution in [-0.2, 0) is 10.9 Å². The van der Waals surface area contributed by atoms with Gasteiger partial charge in [0.05, 0.1) is 17.7 Å². The van der Waals surface area contributed by atoms with Crippen molar-refractivity contribution in [3.05, 3.63) is 35.4 Å². The Labute approximate surface area is 147 Å². The van der Waals surface area contributed by atoms with Crippen LogP contribution in [0.25, 0.3) is 0 Å². The van der Waals surface area contributed by atoms with E-state index in [1.165, 1.54) is 12.1 Å². The molecule has 0 amide bonds. The maximum Gasteiger partial charge on any atom is 0.417 e. The monoisotopic (exact) mass is 354 g/mol. The number of carbonyl (C=O) groups excluding carboxylic acids is 1. The molecule has 5 heteroatoms. The van der Waals surface area contributed by atoms with Crippen LogP contribution in [0, 0.1) is 11.8 Å². The van der Waals surface area contributed by atoms with Crippen molar-refractivity contribution in [2.24, 2.45) is 0 Å². The highest BCUT2D eigenvalue weighted by molar-refractivity contribution is 5.91. The van der Waals surface area contributed by atoms with Crippen molar-refractivity contribution in [2.75, 3.05) is 6.61 Å². The Morgan fingerprint density at radius 2 is 1.64 bits per heavy atom. The van der Waals surface area contributed by atoms with Gasteiger partial charge in [0.1, 0.15) is 0 Å². The molecule has 2 nitrogen and oxygen atoms in total. The van der Waals surface area contributed by atoms with E-state index >= 15 is 0 Å². The fourth-order valence-electron chi connectivity index (χ4n) is 2.39. The molecule has 0 aromatic heterocycles. The first-order valence-corrected chi connectivity index (χ1v) is 8.76. The molecule has 0 N–H and O–H groups in total. The largest absolute Gasteiger partial charge is 0.462 e. The molecule has 25 heavy (non-hydrogen) atoms. The van der Waals surface area contributed by atoms with E-state index in [1.54, 1.807) is 0 Å². The molecular formula is C20H25F3O2. The van der Waals surface area contributed by atoms with Gasteiger partial charge in [-0.25, -0.2) is 4.79 Å². The lowest BCUT2D eigenvalue weighted by atomic mass is 10.1. The van der Waals surface area contributed by atoms with Gasteiger partial charge in [-0.2, -0.15) is 13.2 Å². The van der Waals surface area contributed by atoms with E-state index in [2.05, 4.69) is 11.8 Å². The molecule has 0 bridgehead atoms. The van der Waals surface area contributed by atoms with Crippen LogP contribution in [0.4, 0.5) is 13.2 Å². The Morgan fingerprint density at radius 3 is 2.32 bits per heavy atom. The first kappa shape index (κ1) is 21.1. The van der Waals surface area contributed by atoms with E-state index in [0.29, 0.717) is 6.42 Å². The normalized spacial score (nSPS) is 10.9. The van der Waals surface area contributed by atoms with Gasteiger partial charge in [0.2, 0.25) is 0 Å². The molecule has 0 saturated heterocycles. The standard InChI is InChI=1S/C20H25F3O2/c1-2-3-4-5-6-7-8-9-10-13-16-25-19(24)17-14-11-12-15-18(17)20(21,22)23/h11-12,14-15H,2,5-10,13,16H2,1H3. The number of unbranched alkanes of at least 4 members (excludes halogenated alkanes) is 6. The summed E-state index contributed by atoms with van der Waals surface area (Å²) in [5.74, 6) is 5.22. The molecule has 1 aromatic carbocycles. The zero-order valence-electron chi connectivity index (χ0n) is 14.6. The molecule has 0 spiro atoms. The lowest BCUT2D eigenvalue weighted by molar-refractivity contribution is -0.138. The Balaban J connectivity index is 2.20. The number of rotatable bonds is 9. The van der Waals surface area contributed by atoms with Crippen molar-refractivity contribution in [1.82, 2.24) is 0 Å². The summed E-state index contributed by atoms with van der Waals surface area (Å²) in [6.45, 7) is 2.18. The minimum Gasteiger partial charge on any atom is -0.462 e. The van der Waals surface area contributed by atoms with E-state index in [-0.39, 0.29) is 6.61 Å². The Bertz CT molecular complexity index is 583. The maximum absolute atomic E-state index is 12.9. The summed E-state index contributed by atoms with van der Waals surface area (Å²) in [5.41, 5.74) is -1.38. The van der Waals surface area contributed by atoms with Crippen LogP contribution < -0.4 is 0 Å². The van der Waals surface area contributed by atoms with Crippen molar-refractivity contribution in [2.45, 2.75) is 64.5 Å². The molecule has 0 saturated carbocycles. The van der Waals surface area contributed by atoms with Crippen LogP contribution in [0.5, 0.6) is 0 Å². The first-order valence-electron chi connectivity index (χ1n) is 8.76. The van der Waals surface area contributed by atoms with Gasteiger partial charge in [0, 0.05) is 12.8 Å². The molecule has 1 aromatic rings. The molecule has 0 fully saturated rings. The van der Waals surface area contributed by atoms with Crippen LogP contribution in [0.3, 0.4) is 0 Å². The molecule has 1 rings (SSSR count). The zero-order chi connectivity index (χ0) is 18.5. The summed E-state index contributed by atoms with van der Waals surface area (Å²) in [6.07, 6.45) is 3.17. The van der Waals surface area contributed by atoms with Gasteiger partial charge in [0.25, 0.3) is 0 Å². The number of benzene rings is 1. The van der Waals surface area contributed by atoms with E-state index < -0.39 is 23.3 Å². The quantitative estimate of drug-likeness (QED) is 0.308. The Kier molecular flexibility index (Phi) is 9.76. The summed E-state index contributed by atoms with van der Waals surface area (Å²) >= 11 is 0. The van der Waals surface area contributed by atoms with Crippen molar-refractivity contribution >= 4 is 5.97 Å². The summed E-state index contributed by atoms with van der Waals surface area (Å²) in [7, 11) is 0. The zero-order valence-corrected chi connectivity index (χ0v) is 14.6. The third-order valence-electron chi connectivity index (χ3n) is 3.68. The van der Waals surface area contributed by atoms with Gasteiger partial charge >= 0.3 is 12.1 Å². The lowest BCUT2D eigenvalue weighted by Gasteiger charge is -2.12. The molecule has 138 valence electrons. The minimum absolute atomic E-state index is 0.146. The second-order valence-corrected chi connectivity index (χ2v) is 5.76. The third-order valence-corrected chi connectivity index (χ3v) is 3.68. The average molecular weight is 354 g/mol. The van der Waals surface area contributed by atoms with Crippen LogP contribution in [0.2, 0.25) is 0 Å². The van der Waals surface area contributed by atoms with E-state index in [0.717, 1.165) is 57.1 Å². The number of esters is 1. The van der Waals surface area contributed by atoms with Gasteiger partial charge in [-0.05, 0) is 25.0 Å². The van der Waals surface area contributed by atoms with Gasteiger partial charge in [-0.15, -0.1) is 11.8 Å². The lowest BCUT2D eigenvalue weighted by Crippen LogP contribution is -2.15. The second-order valence-electron chi connectivity index (χ2n) is 5.76. The highest BCUT2D eigenvalue weighted by Crippen LogP contribution is 2.32. The highest BCUT2D eigenvalue weighted by Gasteiger charge is 2.35. The fraction of sp³-hybridized carbons (Fsp3) is 0.550. The molecule has 0 aliphatic rings. The van der Waals surface area contributed by atoms with Gasteiger partial charge in [-0.3, -0.25) is 0 Å². The Morgan fingerprint density at radius 1 is 1.00 bits per heavy atom. The maximum atomic E-state index is 12.9. The number of alkyl halides is 3. The average Bonchev–Trinajstić information content (AvgIpc) is 2.58. The molecule has 0 atom stereocenters.